The van der Waals surface area contributed by atoms with Crippen LogP contribution in [0.15, 0.2) is 0 Å². The van der Waals surface area contributed by atoms with Crippen molar-refractivity contribution in [2.24, 2.45) is 0 Å². The molecular formula is C12H22N4O2. The number of aliphatic hydroxyl groups excluding tert-OH is 1. The van der Waals surface area contributed by atoms with E-state index < -0.39 is 6.10 Å². The van der Waals surface area contributed by atoms with Crippen molar-refractivity contribution in [1.82, 2.24) is 15.1 Å². The number of nitrogens with one attached hydrogen (secondary N) is 1. The van der Waals surface area contributed by atoms with Crippen molar-refractivity contribution in [2.75, 3.05) is 5.73 Å². The fourth-order valence-corrected chi connectivity index (χ4v) is 1.93. The topological polar surface area (TPSA) is 93.2 Å². The highest BCUT2D eigenvalue weighted by Gasteiger charge is 2.20. The summed E-state index contributed by atoms with van der Waals surface area (Å²) in [6, 6.07) is -0.114. The van der Waals surface area contributed by atoms with Crippen LogP contribution in [-0.4, -0.2) is 32.9 Å². The number of hydrogen-bond donors (Lipinski definition) is 3. The second-order valence-corrected chi connectivity index (χ2v) is 4.62. The summed E-state index contributed by atoms with van der Waals surface area (Å²) in [5, 5.41) is 16.3. The lowest BCUT2D eigenvalue weighted by Gasteiger charge is -2.16. The number of hydrogen-bond acceptors (Lipinski definition) is 4. The number of nitrogens with two attached hydrogens (primary N) is 1. The number of aromatic nitrogens is 2. The lowest BCUT2D eigenvalue weighted by Crippen LogP contribution is -2.36. The van der Waals surface area contributed by atoms with E-state index in [-0.39, 0.29) is 11.9 Å². The van der Waals surface area contributed by atoms with E-state index in [4.69, 9.17) is 5.73 Å². The number of carbonyl (C=O) groups excluding carboxylic acids is 1. The average Bonchev–Trinajstić information content (AvgIpc) is 2.53. The van der Waals surface area contributed by atoms with E-state index in [1.807, 2.05) is 13.8 Å². The number of nitrogen functional groups attached to an aromatic ring is 1. The van der Waals surface area contributed by atoms with Gasteiger partial charge in [-0.05, 0) is 34.1 Å². The molecule has 1 heterocycles. The Hall–Kier alpha value is -1.56. The van der Waals surface area contributed by atoms with E-state index >= 15 is 0 Å². The van der Waals surface area contributed by atoms with Crippen LogP contribution >= 0.6 is 0 Å². The van der Waals surface area contributed by atoms with Crippen LogP contribution in [0.4, 0.5) is 5.69 Å². The molecule has 2 atom stereocenters. The maximum absolute atomic E-state index is 12.1. The Balaban J connectivity index is 2.84. The molecule has 0 aliphatic rings. The van der Waals surface area contributed by atoms with Crippen LogP contribution in [0.25, 0.3) is 0 Å². The number of amides is 1. The van der Waals surface area contributed by atoms with Crippen molar-refractivity contribution in [1.29, 1.82) is 0 Å². The zero-order valence-electron chi connectivity index (χ0n) is 11.4. The molecule has 4 N–H and O–H groups in total. The van der Waals surface area contributed by atoms with E-state index in [9.17, 15) is 9.90 Å². The Labute approximate surface area is 107 Å². The molecule has 0 saturated carbocycles. The highest BCUT2D eigenvalue weighted by molar-refractivity contribution is 5.98. The third-order valence-electron chi connectivity index (χ3n) is 2.76. The van der Waals surface area contributed by atoms with Crippen LogP contribution in [0.1, 0.15) is 43.4 Å². The number of nitrogens with zero attached hydrogens (tertiary/aromatic N) is 2. The summed E-state index contributed by atoms with van der Waals surface area (Å²) >= 11 is 0. The number of carbonyl (C=O) groups is 1. The number of aliphatic hydroxyl groups is 1. The van der Waals surface area contributed by atoms with E-state index in [0.29, 0.717) is 30.0 Å². The van der Waals surface area contributed by atoms with Gasteiger partial charge >= 0.3 is 0 Å². The van der Waals surface area contributed by atoms with Gasteiger partial charge < -0.3 is 16.2 Å². The monoisotopic (exact) mass is 254 g/mol. The maximum Gasteiger partial charge on any atom is 0.271 e. The van der Waals surface area contributed by atoms with Crippen molar-refractivity contribution in [3.63, 3.8) is 0 Å². The standard InChI is InChI=1S/C12H22N4O2/c1-5-16-11(10(13)9(4)15-16)12(18)14-7(2)6-8(3)17/h7-8,17H,5-6,13H2,1-4H3,(H,14,18). The molecule has 102 valence electrons. The smallest absolute Gasteiger partial charge is 0.271 e. The van der Waals surface area contributed by atoms with Crippen LogP contribution in [0.3, 0.4) is 0 Å². The molecule has 0 bridgehead atoms. The van der Waals surface area contributed by atoms with Gasteiger partial charge in [-0.2, -0.15) is 5.10 Å². The third-order valence-corrected chi connectivity index (χ3v) is 2.76. The summed E-state index contributed by atoms with van der Waals surface area (Å²) < 4.78 is 1.59. The molecule has 1 aromatic rings. The summed E-state index contributed by atoms with van der Waals surface area (Å²) in [6.07, 6.45) is 0.0562. The minimum Gasteiger partial charge on any atom is -0.395 e. The Morgan fingerprint density at radius 2 is 2.17 bits per heavy atom. The van der Waals surface area contributed by atoms with E-state index in [1.165, 1.54) is 0 Å². The molecule has 0 spiro atoms. The summed E-state index contributed by atoms with van der Waals surface area (Å²) in [4.78, 5) is 12.1. The quantitative estimate of drug-likeness (QED) is 0.720. The highest BCUT2D eigenvalue weighted by Crippen LogP contribution is 2.16. The van der Waals surface area contributed by atoms with Gasteiger partial charge in [-0.3, -0.25) is 9.48 Å². The molecule has 6 nitrogen and oxygen atoms in total. The van der Waals surface area contributed by atoms with Crippen molar-refractivity contribution in [3.8, 4) is 0 Å². The van der Waals surface area contributed by atoms with Crippen LogP contribution in [0.5, 0.6) is 0 Å². The Kier molecular flexibility index (Phi) is 4.72. The predicted molar refractivity (Wildman–Crippen MR) is 70.3 cm³/mol. The molecule has 1 aromatic heterocycles. The molecule has 0 saturated heterocycles. The first-order valence-corrected chi connectivity index (χ1v) is 6.18. The second-order valence-electron chi connectivity index (χ2n) is 4.62. The molecule has 0 aromatic carbocycles. The van der Waals surface area contributed by atoms with Crippen molar-refractivity contribution in [2.45, 2.75) is 52.8 Å². The van der Waals surface area contributed by atoms with Gasteiger partial charge in [-0.15, -0.1) is 0 Å². The van der Waals surface area contributed by atoms with Gasteiger partial charge in [0.15, 0.2) is 0 Å². The minimum absolute atomic E-state index is 0.114. The Bertz CT molecular complexity index is 426. The molecule has 0 aliphatic heterocycles. The molecule has 18 heavy (non-hydrogen) atoms. The lowest BCUT2D eigenvalue weighted by atomic mass is 10.1. The summed E-state index contributed by atoms with van der Waals surface area (Å²) in [7, 11) is 0. The molecule has 0 aliphatic carbocycles. The Morgan fingerprint density at radius 1 is 1.56 bits per heavy atom. The van der Waals surface area contributed by atoms with Crippen LogP contribution in [0.2, 0.25) is 0 Å². The molecule has 1 rings (SSSR count). The zero-order chi connectivity index (χ0) is 13.9. The van der Waals surface area contributed by atoms with Gasteiger partial charge in [-0.25, -0.2) is 0 Å². The normalized spacial score (nSPS) is 14.3. The lowest BCUT2D eigenvalue weighted by molar-refractivity contribution is 0.0913. The van der Waals surface area contributed by atoms with Gasteiger partial charge in [0, 0.05) is 12.6 Å². The minimum atomic E-state index is -0.449. The molecule has 0 radical (unpaired) electrons. The largest absolute Gasteiger partial charge is 0.395 e. The van der Waals surface area contributed by atoms with Gasteiger partial charge in [0.25, 0.3) is 5.91 Å². The van der Waals surface area contributed by atoms with Crippen molar-refractivity contribution in [3.05, 3.63) is 11.4 Å². The first-order chi connectivity index (χ1) is 8.36. The highest BCUT2D eigenvalue weighted by atomic mass is 16.3. The second kappa shape index (κ2) is 5.86. The van der Waals surface area contributed by atoms with Gasteiger partial charge in [-0.1, -0.05) is 0 Å². The molecule has 1 amide bonds. The first kappa shape index (κ1) is 14.5. The van der Waals surface area contributed by atoms with Crippen LogP contribution in [-0.2, 0) is 6.54 Å². The number of rotatable bonds is 5. The summed E-state index contributed by atoms with van der Waals surface area (Å²) in [6.45, 7) is 7.81. The van der Waals surface area contributed by atoms with Crippen molar-refractivity contribution < 1.29 is 9.90 Å². The van der Waals surface area contributed by atoms with E-state index in [2.05, 4.69) is 10.4 Å². The predicted octanol–water partition coefficient (Wildman–Crippen LogP) is 0.683. The maximum atomic E-state index is 12.1. The Morgan fingerprint density at radius 3 is 2.67 bits per heavy atom. The fraction of sp³-hybridized carbons (Fsp3) is 0.667. The van der Waals surface area contributed by atoms with E-state index in [1.54, 1.807) is 18.5 Å². The molecular weight excluding hydrogens is 232 g/mol. The third kappa shape index (κ3) is 3.22. The zero-order valence-corrected chi connectivity index (χ0v) is 11.4. The van der Waals surface area contributed by atoms with Crippen LogP contribution in [0, 0.1) is 6.92 Å². The first-order valence-electron chi connectivity index (χ1n) is 6.18. The van der Waals surface area contributed by atoms with Gasteiger partial charge in [0.2, 0.25) is 0 Å². The fourth-order valence-electron chi connectivity index (χ4n) is 1.93. The summed E-state index contributed by atoms with van der Waals surface area (Å²) in [5.74, 6) is -0.247. The molecule has 2 unspecified atom stereocenters. The number of aryl methyl sites for hydroxylation is 2. The van der Waals surface area contributed by atoms with Crippen molar-refractivity contribution >= 4 is 11.6 Å². The van der Waals surface area contributed by atoms with E-state index in [0.717, 1.165) is 0 Å². The summed E-state index contributed by atoms with van der Waals surface area (Å²) in [5.41, 5.74) is 7.33. The number of anilines is 1. The van der Waals surface area contributed by atoms with Crippen LogP contribution < -0.4 is 11.1 Å². The SMILES string of the molecule is CCn1nc(C)c(N)c1C(=O)NC(C)CC(C)O. The van der Waals surface area contributed by atoms with Gasteiger partial charge in [0.05, 0.1) is 17.5 Å². The average molecular weight is 254 g/mol. The molecule has 0 fully saturated rings. The molecule has 6 heteroatoms. The van der Waals surface area contributed by atoms with Gasteiger partial charge in [0.1, 0.15) is 5.69 Å².